The van der Waals surface area contributed by atoms with E-state index in [1.807, 2.05) is 32.0 Å². The zero-order valence-corrected chi connectivity index (χ0v) is 12.8. The van der Waals surface area contributed by atoms with Gasteiger partial charge in [0.25, 0.3) is 0 Å². The number of aryl methyl sites for hydroxylation is 2. The molecule has 118 valence electrons. The summed E-state index contributed by atoms with van der Waals surface area (Å²) in [4.78, 5) is 7.45. The number of halogens is 3. The van der Waals surface area contributed by atoms with Crippen molar-refractivity contribution in [3.8, 4) is 0 Å². The van der Waals surface area contributed by atoms with Gasteiger partial charge in [0.1, 0.15) is 0 Å². The summed E-state index contributed by atoms with van der Waals surface area (Å²) in [6.07, 6.45) is -4.21. The highest BCUT2D eigenvalue weighted by atomic mass is 19.4. The first-order valence-corrected chi connectivity index (χ1v) is 7.23. The minimum atomic E-state index is -4.56. The lowest BCUT2D eigenvalue weighted by molar-refractivity contribution is -0.144. The number of hydrogen-bond acceptors (Lipinski definition) is 2. The molecule has 0 bridgehead atoms. The summed E-state index contributed by atoms with van der Waals surface area (Å²) in [5.41, 5.74) is 3.79. The summed E-state index contributed by atoms with van der Waals surface area (Å²) in [5, 5.41) is 0.654. The van der Waals surface area contributed by atoms with Crippen LogP contribution in [-0.4, -0.2) is 9.97 Å². The Hall–Kier alpha value is -2.43. The van der Waals surface area contributed by atoms with E-state index in [0.717, 1.165) is 16.7 Å². The predicted molar refractivity (Wildman–Crippen MR) is 83.3 cm³/mol. The molecule has 3 rings (SSSR count). The number of alkyl halides is 3. The van der Waals surface area contributed by atoms with Gasteiger partial charge in [-0.1, -0.05) is 42.0 Å². The van der Waals surface area contributed by atoms with Gasteiger partial charge in [0.2, 0.25) is 5.82 Å². The molecule has 1 heterocycles. The summed E-state index contributed by atoms with van der Waals surface area (Å²) in [6.45, 7) is 3.91. The van der Waals surface area contributed by atoms with E-state index in [4.69, 9.17) is 0 Å². The molecule has 0 saturated heterocycles. The lowest BCUT2D eigenvalue weighted by Crippen LogP contribution is -2.13. The number of fused-ring (bicyclic) bond motifs is 1. The maximum absolute atomic E-state index is 13.1. The Morgan fingerprint density at radius 3 is 2.43 bits per heavy atom. The van der Waals surface area contributed by atoms with Crippen molar-refractivity contribution in [3.05, 3.63) is 70.7 Å². The number of benzene rings is 2. The van der Waals surface area contributed by atoms with E-state index < -0.39 is 12.0 Å². The molecule has 0 aliphatic carbocycles. The summed E-state index contributed by atoms with van der Waals surface area (Å²) < 4.78 is 39.2. The summed E-state index contributed by atoms with van der Waals surface area (Å²) in [5.74, 6) is -1.09. The highest BCUT2D eigenvalue weighted by Crippen LogP contribution is 2.29. The zero-order chi connectivity index (χ0) is 16.6. The molecule has 0 amide bonds. The fourth-order valence-corrected chi connectivity index (χ4v) is 2.57. The van der Waals surface area contributed by atoms with Crippen molar-refractivity contribution in [1.29, 1.82) is 0 Å². The lowest BCUT2D eigenvalue weighted by Gasteiger charge is -2.12. The van der Waals surface area contributed by atoms with E-state index in [0.29, 0.717) is 23.0 Å². The van der Waals surface area contributed by atoms with Crippen LogP contribution >= 0.6 is 0 Å². The van der Waals surface area contributed by atoms with Crippen molar-refractivity contribution < 1.29 is 13.2 Å². The minimum Gasteiger partial charge on any atom is -0.228 e. The van der Waals surface area contributed by atoms with E-state index >= 15 is 0 Å². The van der Waals surface area contributed by atoms with Gasteiger partial charge in [-0.15, -0.1) is 0 Å². The van der Waals surface area contributed by atoms with Crippen LogP contribution in [0.5, 0.6) is 0 Å². The smallest absolute Gasteiger partial charge is 0.228 e. The maximum atomic E-state index is 13.1. The molecule has 0 N–H and O–H groups in total. The molecule has 1 aromatic heterocycles. The number of rotatable bonds is 2. The van der Waals surface area contributed by atoms with E-state index in [1.165, 1.54) is 0 Å². The molecule has 0 atom stereocenters. The van der Waals surface area contributed by atoms with Crippen molar-refractivity contribution in [2.75, 3.05) is 0 Å². The van der Waals surface area contributed by atoms with E-state index in [-0.39, 0.29) is 0 Å². The molecule has 0 fully saturated rings. The second-order valence-corrected chi connectivity index (χ2v) is 5.62. The normalized spacial score (nSPS) is 11.9. The van der Waals surface area contributed by atoms with Crippen LogP contribution in [0.3, 0.4) is 0 Å². The number of hydrogen-bond donors (Lipinski definition) is 0. The first-order valence-electron chi connectivity index (χ1n) is 7.23. The van der Waals surface area contributed by atoms with E-state index in [1.54, 1.807) is 24.3 Å². The van der Waals surface area contributed by atoms with Gasteiger partial charge < -0.3 is 0 Å². The van der Waals surface area contributed by atoms with Gasteiger partial charge in [0.05, 0.1) is 11.2 Å². The van der Waals surface area contributed by atoms with Crippen LogP contribution in [0.15, 0.2) is 42.5 Å². The second-order valence-electron chi connectivity index (χ2n) is 5.62. The monoisotopic (exact) mass is 316 g/mol. The SMILES string of the molecule is Cc1ccc(C)c(Cc2nc(C(F)(F)F)nc3ccccc23)c1. The van der Waals surface area contributed by atoms with Gasteiger partial charge in [0.15, 0.2) is 0 Å². The molecule has 0 radical (unpaired) electrons. The summed E-state index contributed by atoms with van der Waals surface area (Å²) >= 11 is 0. The molecular formula is C18H15F3N2. The first-order chi connectivity index (χ1) is 10.8. The van der Waals surface area contributed by atoms with Crippen LogP contribution in [-0.2, 0) is 12.6 Å². The van der Waals surface area contributed by atoms with E-state index in [2.05, 4.69) is 9.97 Å². The fourth-order valence-electron chi connectivity index (χ4n) is 2.57. The van der Waals surface area contributed by atoms with Crippen molar-refractivity contribution >= 4 is 10.9 Å². The average molecular weight is 316 g/mol. The molecule has 0 spiro atoms. The van der Waals surface area contributed by atoms with Crippen LogP contribution in [0.4, 0.5) is 13.2 Å². The molecule has 0 saturated carbocycles. The lowest BCUT2D eigenvalue weighted by atomic mass is 9.99. The molecule has 0 unspecified atom stereocenters. The molecular weight excluding hydrogens is 301 g/mol. The molecule has 2 nitrogen and oxygen atoms in total. The first kappa shape index (κ1) is 15.5. The van der Waals surface area contributed by atoms with Crippen LogP contribution in [0.25, 0.3) is 10.9 Å². The van der Waals surface area contributed by atoms with Gasteiger partial charge in [-0.2, -0.15) is 13.2 Å². The number of aromatic nitrogens is 2. The Balaban J connectivity index is 2.17. The topological polar surface area (TPSA) is 25.8 Å². The average Bonchev–Trinajstić information content (AvgIpc) is 2.50. The Morgan fingerprint density at radius 1 is 0.957 bits per heavy atom. The zero-order valence-electron chi connectivity index (χ0n) is 12.8. The van der Waals surface area contributed by atoms with Gasteiger partial charge >= 0.3 is 6.18 Å². The minimum absolute atomic E-state index is 0.315. The van der Waals surface area contributed by atoms with Crippen LogP contribution in [0.2, 0.25) is 0 Å². The van der Waals surface area contributed by atoms with Crippen molar-refractivity contribution in [2.24, 2.45) is 0 Å². The Morgan fingerprint density at radius 2 is 1.70 bits per heavy atom. The van der Waals surface area contributed by atoms with Crippen LogP contribution < -0.4 is 0 Å². The molecule has 5 heteroatoms. The van der Waals surface area contributed by atoms with Crippen molar-refractivity contribution in [1.82, 2.24) is 9.97 Å². The third kappa shape index (κ3) is 3.18. The quantitative estimate of drug-likeness (QED) is 0.675. The maximum Gasteiger partial charge on any atom is 0.451 e. The number of nitrogens with zero attached hydrogens (tertiary/aromatic N) is 2. The Bertz CT molecular complexity index is 870. The second kappa shape index (κ2) is 5.65. The van der Waals surface area contributed by atoms with Gasteiger partial charge in [-0.05, 0) is 31.0 Å². The third-order valence-corrected chi connectivity index (χ3v) is 3.80. The predicted octanol–water partition coefficient (Wildman–Crippen LogP) is 4.86. The molecule has 0 aliphatic rings. The fraction of sp³-hybridized carbons (Fsp3) is 0.222. The van der Waals surface area contributed by atoms with Crippen LogP contribution in [0.1, 0.15) is 28.2 Å². The Labute approximate surface area is 132 Å². The molecule has 3 aromatic rings. The van der Waals surface area contributed by atoms with Crippen LogP contribution in [0, 0.1) is 13.8 Å². The summed E-state index contributed by atoms with van der Waals surface area (Å²) in [7, 11) is 0. The van der Waals surface area contributed by atoms with Gasteiger partial charge in [-0.25, -0.2) is 9.97 Å². The third-order valence-electron chi connectivity index (χ3n) is 3.80. The highest BCUT2D eigenvalue weighted by molar-refractivity contribution is 5.81. The molecule has 23 heavy (non-hydrogen) atoms. The molecule has 2 aromatic carbocycles. The standard InChI is InChI=1S/C18H15F3N2/c1-11-7-8-12(2)13(9-11)10-16-14-5-3-4-6-15(14)22-17(23-16)18(19,20)21/h3-9H,10H2,1-2H3. The summed E-state index contributed by atoms with van der Waals surface area (Å²) in [6, 6.07) is 12.7. The van der Waals surface area contributed by atoms with Crippen molar-refractivity contribution in [3.63, 3.8) is 0 Å². The highest BCUT2D eigenvalue weighted by Gasteiger charge is 2.35. The largest absolute Gasteiger partial charge is 0.451 e. The Kier molecular flexibility index (Phi) is 3.80. The number of para-hydroxylation sites is 1. The van der Waals surface area contributed by atoms with Gasteiger partial charge in [0, 0.05) is 11.8 Å². The van der Waals surface area contributed by atoms with Gasteiger partial charge in [-0.3, -0.25) is 0 Å². The van der Waals surface area contributed by atoms with E-state index in [9.17, 15) is 13.2 Å². The molecule has 0 aliphatic heterocycles. The van der Waals surface area contributed by atoms with Crippen molar-refractivity contribution in [2.45, 2.75) is 26.4 Å².